The number of rotatable bonds is 10. The highest BCUT2D eigenvalue weighted by Gasteiger charge is 2.39. The molecule has 1 atom stereocenters. The largest absolute Gasteiger partial charge is 0.493 e. The van der Waals surface area contributed by atoms with Crippen LogP contribution in [0.2, 0.25) is 0 Å². The van der Waals surface area contributed by atoms with Gasteiger partial charge in [-0.25, -0.2) is 4.39 Å². The first-order valence-corrected chi connectivity index (χ1v) is 12.8. The maximum atomic E-state index is 13.8. The molecule has 9 nitrogen and oxygen atoms in total. The molecule has 3 aromatic rings. The molecule has 2 aliphatic heterocycles. The molecule has 10 heteroatoms. The molecule has 2 aromatic carbocycles. The maximum absolute atomic E-state index is 13.8. The quantitative estimate of drug-likeness (QED) is 0.306. The third-order valence-corrected chi connectivity index (χ3v) is 6.69. The summed E-state index contributed by atoms with van der Waals surface area (Å²) in [5.41, 5.74) is 3.75. The van der Waals surface area contributed by atoms with E-state index in [1.165, 1.54) is 29.1 Å². The minimum atomic E-state index is -0.691. The molecule has 3 heterocycles. The molecule has 2 aliphatic rings. The van der Waals surface area contributed by atoms with Crippen LogP contribution < -0.4 is 25.6 Å². The van der Waals surface area contributed by atoms with Crippen LogP contribution >= 0.6 is 0 Å². The van der Waals surface area contributed by atoms with Crippen molar-refractivity contribution in [1.29, 1.82) is 0 Å². The van der Waals surface area contributed by atoms with E-state index < -0.39 is 17.2 Å². The normalized spacial score (nSPS) is 15.7. The summed E-state index contributed by atoms with van der Waals surface area (Å²) in [6, 6.07) is 13.3. The first kappa shape index (κ1) is 26.0. The van der Waals surface area contributed by atoms with Crippen molar-refractivity contribution in [3.8, 4) is 11.5 Å². The van der Waals surface area contributed by atoms with E-state index in [2.05, 4.69) is 17.3 Å². The van der Waals surface area contributed by atoms with Gasteiger partial charge in [-0.2, -0.15) is 0 Å². The van der Waals surface area contributed by atoms with E-state index in [9.17, 15) is 18.8 Å². The number of carbonyl (C=O) groups is 2. The van der Waals surface area contributed by atoms with Gasteiger partial charge in [-0.1, -0.05) is 42.5 Å². The topological polar surface area (TPSA) is 102 Å². The number of carbonyl (C=O) groups excluding carboxylic acids is 2. The van der Waals surface area contributed by atoms with Crippen molar-refractivity contribution in [1.82, 2.24) is 14.9 Å². The number of halogens is 1. The summed E-state index contributed by atoms with van der Waals surface area (Å²) in [5.74, 6) is -1.35. The lowest BCUT2D eigenvalue weighted by atomic mass is 10.1. The predicted molar refractivity (Wildman–Crippen MR) is 143 cm³/mol. The molecule has 0 radical (unpaired) electrons. The Morgan fingerprint density at radius 1 is 1.18 bits per heavy atom. The Bertz CT molecular complexity index is 1460. The summed E-state index contributed by atoms with van der Waals surface area (Å²) in [6.07, 6.45) is 4.93. The minimum absolute atomic E-state index is 0.00725. The lowest BCUT2D eigenvalue weighted by Crippen LogP contribution is -2.51. The maximum Gasteiger partial charge on any atom is 0.278 e. The number of benzene rings is 2. The first-order valence-electron chi connectivity index (χ1n) is 12.8. The van der Waals surface area contributed by atoms with Crippen molar-refractivity contribution in [3.63, 3.8) is 0 Å². The van der Waals surface area contributed by atoms with Crippen LogP contribution in [0.3, 0.4) is 0 Å². The van der Waals surface area contributed by atoms with Gasteiger partial charge < -0.3 is 25.1 Å². The van der Waals surface area contributed by atoms with E-state index in [-0.39, 0.29) is 42.2 Å². The Labute approximate surface area is 224 Å². The van der Waals surface area contributed by atoms with Gasteiger partial charge in [0.2, 0.25) is 5.43 Å². The summed E-state index contributed by atoms with van der Waals surface area (Å²) >= 11 is 0. The molecule has 0 bridgehead atoms. The molecule has 1 aromatic heterocycles. The molecule has 1 saturated heterocycles. The molecule has 2 amide bonds. The Balaban J connectivity index is 1.43. The molecule has 0 spiro atoms. The Hall–Kier alpha value is -4.60. The summed E-state index contributed by atoms with van der Waals surface area (Å²) in [4.78, 5) is 41.8. The number of ether oxygens (including phenoxy) is 2. The van der Waals surface area contributed by atoms with Gasteiger partial charge in [0.05, 0.1) is 6.61 Å². The van der Waals surface area contributed by atoms with Gasteiger partial charge in [0.15, 0.2) is 11.4 Å². The molecule has 202 valence electrons. The molecule has 1 fully saturated rings. The van der Waals surface area contributed by atoms with Gasteiger partial charge in [0, 0.05) is 30.9 Å². The predicted octanol–water partition coefficient (Wildman–Crippen LogP) is 3.57. The highest BCUT2D eigenvalue weighted by atomic mass is 19.1. The van der Waals surface area contributed by atoms with Crippen LogP contribution in [0.15, 0.2) is 72.2 Å². The SMILES string of the molecule is C=CCCOc1cc(F)ccc1CNC(=O)c1cn2c(c(OCc3ccccc3)c1=O)C(=O)N1CCCC1N2. The lowest BCUT2D eigenvalue weighted by Gasteiger charge is -2.34. The van der Waals surface area contributed by atoms with E-state index >= 15 is 0 Å². The zero-order chi connectivity index (χ0) is 27.4. The van der Waals surface area contributed by atoms with Gasteiger partial charge >= 0.3 is 0 Å². The fraction of sp³-hybridized carbons (Fsp3) is 0.276. The second-order valence-corrected chi connectivity index (χ2v) is 9.34. The fourth-order valence-electron chi connectivity index (χ4n) is 4.69. The van der Waals surface area contributed by atoms with Crippen LogP contribution in [-0.4, -0.2) is 40.7 Å². The van der Waals surface area contributed by atoms with Gasteiger partial charge in [-0.3, -0.25) is 19.1 Å². The lowest BCUT2D eigenvalue weighted by molar-refractivity contribution is 0.0693. The zero-order valence-corrected chi connectivity index (χ0v) is 21.3. The molecular formula is C29H29FN4O5. The third kappa shape index (κ3) is 5.50. The third-order valence-electron chi connectivity index (χ3n) is 6.69. The molecule has 39 heavy (non-hydrogen) atoms. The number of fused-ring (bicyclic) bond motifs is 2. The number of nitrogens with zero attached hydrogens (tertiary/aromatic N) is 2. The van der Waals surface area contributed by atoms with Crippen molar-refractivity contribution in [2.45, 2.75) is 38.6 Å². The smallest absolute Gasteiger partial charge is 0.278 e. The van der Waals surface area contributed by atoms with Crippen LogP contribution in [0.25, 0.3) is 0 Å². The van der Waals surface area contributed by atoms with Crippen molar-refractivity contribution in [2.24, 2.45) is 0 Å². The van der Waals surface area contributed by atoms with Gasteiger partial charge in [-0.05, 0) is 30.9 Å². The summed E-state index contributed by atoms with van der Waals surface area (Å²) in [7, 11) is 0. The van der Waals surface area contributed by atoms with E-state index in [1.807, 2.05) is 30.3 Å². The monoisotopic (exact) mass is 532 g/mol. The minimum Gasteiger partial charge on any atom is -0.493 e. The van der Waals surface area contributed by atoms with E-state index in [0.717, 1.165) is 18.4 Å². The molecular weight excluding hydrogens is 503 g/mol. The standard InChI is InChI=1S/C29H29FN4O5/c1-2-3-14-38-23-15-21(30)12-11-20(23)16-31-28(36)22-17-34-25(29(37)33-13-7-10-24(33)32-34)27(26(22)35)39-18-19-8-5-4-6-9-19/h2,4-6,8-9,11-12,15,17,24,32H,1,3,7,10,13-14,16,18H2,(H,31,36). The zero-order valence-electron chi connectivity index (χ0n) is 21.3. The van der Waals surface area contributed by atoms with Crippen molar-refractivity contribution >= 4 is 11.8 Å². The fourth-order valence-corrected chi connectivity index (χ4v) is 4.69. The Morgan fingerprint density at radius 2 is 2.00 bits per heavy atom. The Kier molecular flexibility index (Phi) is 7.62. The molecule has 5 rings (SSSR count). The molecule has 0 aliphatic carbocycles. The van der Waals surface area contributed by atoms with E-state index in [0.29, 0.717) is 30.9 Å². The average Bonchev–Trinajstić information content (AvgIpc) is 3.42. The summed E-state index contributed by atoms with van der Waals surface area (Å²) < 4.78 is 26.8. The molecule has 2 N–H and O–H groups in total. The second-order valence-electron chi connectivity index (χ2n) is 9.34. The number of hydrogen-bond donors (Lipinski definition) is 2. The van der Waals surface area contributed by atoms with Crippen molar-refractivity contribution in [3.05, 3.63) is 106 Å². The van der Waals surface area contributed by atoms with Crippen LogP contribution in [0.5, 0.6) is 11.5 Å². The van der Waals surface area contributed by atoms with Crippen molar-refractivity contribution < 1.29 is 23.5 Å². The summed E-state index contributed by atoms with van der Waals surface area (Å²) in [6.45, 7) is 4.56. The van der Waals surface area contributed by atoms with Crippen molar-refractivity contribution in [2.75, 3.05) is 18.6 Å². The summed E-state index contributed by atoms with van der Waals surface area (Å²) in [5, 5.41) is 2.72. The highest BCUT2D eigenvalue weighted by molar-refractivity contribution is 5.99. The number of pyridine rings is 1. The number of nitrogens with one attached hydrogen (secondary N) is 2. The van der Waals surface area contributed by atoms with Crippen LogP contribution in [0.4, 0.5) is 4.39 Å². The average molecular weight is 533 g/mol. The van der Waals surface area contributed by atoms with Crippen LogP contribution in [0, 0.1) is 5.82 Å². The van der Waals surface area contributed by atoms with Crippen LogP contribution in [-0.2, 0) is 13.2 Å². The number of amides is 2. The number of hydrogen-bond acceptors (Lipinski definition) is 6. The second kappa shape index (κ2) is 11.4. The Morgan fingerprint density at radius 3 is 2.79 bits per heavy atom. The molecule has 0 saturated carbocycles. The number of aromatic nitrogens is 1. The van der Waals surface area contributed by atoms with E-state index in [4.69, 9.17) is 9.47 Å². The first-order chi connectivity index (χ1) is 19.0. The highest BCUT2D eigenvalue weighted by Crippen LogP contribution is 2.28. The van der Waals surface area contributed by atoms with Gasteiger partial charge in [-0.15, -0.1) is 6.58 Å². The molecule has 1 unspecified atom stereocenters. The van der Waals surface area contributed by atoms with Gasteiger partial charge in [0.1, 0.15) is 29.9 Å². The van der Waals surface area contributed by atoms with Crippen LogP contribution in [0.1, 0.15) is 51.2 Å². The van der Waals surface area contributed by atoms with Gasteiger partial charge in [0.25, 0.3) is 11.8 Å². The van der Waals surface area contributed by atoms with E-state index in [1.54, 1.807) is 11.0 Å².